The second-order valence-electron chi connectivity index (χ2n) is 3.90. The Bertz CT molecular complexity index is 601. The molecule has 2 rings (SSSR count). The van der Waals surface area contributed by atoms with Crippen molar-refractivity contribution in [2.75, 3.05) is 0 Å². The Labute approximate surface area is 114 Å². The second kappa shape index (κ2) is 5.75. The standard InChI is InChI=1S/C14H10N2O4/c17-13(18)9-1-5-11(6-2-9)15-16-12-7-3-10(4-8-12)14(19)20/h1-8H,(H,17,18)(H,19,20)/b16-15+. The normalized spacial score (nSPS) is 10.6. The zero-order chi connectivity index (χ0) is 14.5. The van der Waals surface area contributed by atoms with Crippen LogP contribution in [0.2, 0.25) is 0 Å². The molecule has 0 saturated heterocycles. The highest BCUT2D eigenvalue weighted by Crippen LogP contribution is 2.19. The van der Waals surface area contributed by atoms with Gasteiger partial charge in [0.2, 0.25) is 0 Å². The molecule has 100 valence electrons. The molecular formula is C14H10N2O4. The third kappa shape index (κ3) is 3.26. The summed E-state index contributed by atoms with van der Waals surface area (Å²) in [4.78, 5) is 21.4. The fourth-order valence-corrected chi connectivity index (χ4v) is 1.46. The average Bonchev–Trinajstić information content (AvgIpc) is 2.46. The Morgan fingerprint density at radius 2 is 0.950 bits per heavy atom. The lowest BCUT2D eigenvalue weighted by Gasteiger charge is -1.96. The van der Waals surface area contributed by atoms with Crippen LogP contribution in [-0.4, -0.2) is 22.2 Å². The Morgan fingerprint density at radius 3 is 1.20 bits per heavy atom. The molecule has 0 atom stereocenters. The molecule has 0 spiro atoms. The molecule has 0 aromatic heterocycles. The minimum atomic E-state index is -1.00. The third-order valence-corrected chi connectivity index (χ3v) is 2.51. The first-order valence-corrected chi connectivity index (χ1v) is 5.65. The largest absolute Gasteiger partial charge is 0.478 e. The summed E-state index contributed by atoms with van der Waals surface area (Å²) in [6.07, 6.45) is 0. The highest BCUT2D eigenvalue weighted by molar-refractivity contribution is 5.88. The van der Waals surface area contributed by atoms with Gasteiger partial charge in [0.25, 0.3) is 0 Å². The lowest BCUT2D eigenvalue weighted by Crippen LogP contribution is -1.94. The zero-order valence-corrected chi connectivity index (χ0v) is 10.2. The highest BCUT2D eigenvalue weighted by atomic mass is 16.4. The van der Waals surface area contributed by atoms with E-state index in [4.69, 9.17) is 10.2 Å². The number of hydrogen-bond donors (Lipinski definition) is 2. The van der Waals surface area contributed by atoms with Crippen molar-refractivity contribution in [3.63, 3.8) is 0 Å². The van der Waals surface area contributed by atoms with Crippen molar-refractivity contribution < 1.29 is 19.8 Å². The van der Waals surface area contributed by atoms with Crippen molar-refractivity contribution in [1.82, 2.24) is 0 Å². The maximum Gasteiger partial charge on any atom is 0.335 e. The predicted molar refractivity (Wildman–Crippen MR) is 71.0 cm³/mol. The molecule has 2 aromatic rings. The van der Waals surface area contributed by atoms with Gasteiger partial charge in [-0.05, 0) is 48.5 Å². The van der Waals surface area contributed by atoms with E-state index < -0.39 is 11.9 Å². The summed E-state index contributed by atoms with van der Waals surface area (Å²) < 4.78 is 0. The van der Waals surface area contributed by atoms with Gasteiger partial charge in [0.1, 0.15) is 0 Å². The molecule has 0 amide bonds. The first kappa shape index (κ1) is 13.4. The summed E-state index contributed by atoms with van der Waals surface area (Å²) in [6.45, 7) is 0. The van der Waals surface area contributed by atoms with Crippen molar-refractivity contribution in [3.8, 4) is 0 Å². The molecule has 20 heavy (non-hydrogen) atoms. The SMILES string of the molecule is O=C(O)c1ccc(/N=N/c2ccc(C(=O)O)cc2)cc1. The van der Waals surface area contributed by atoms with Gasteiger partial charge in [-0.3, -0.25) is 0 Å². The molecule has 0 heterocycles. The van der Waals surface area contributed by atoms with Crippen LogP contribution in [0.15, 0.2) is 58.8 Å². The van der Waals surface area contributed by atoms with Crippen LogP contribution in [0.4, 0.5) is 11.4 Å². The number of benzene rings is 2. The van der Waals surface area contributed by atoms with Crippen LogP contribution >= 0.6 is 0 Å². The quantitative estimate of drug-likeness (QED) is 0.830. The molecule has 0 aliphatic rings. The van der Waals surface area contributed by atoms with Crippen molar-refractivity contribution in [1.29, 1.82) is 0 Å². The Hall–Kier alpha value is -3.02. The van der Waals surface area contributed by atoms with Gasteiger partial charge in [0.05, 0.1) is 22.5 Å². The van der Waals surface area contributed by atoms with Gasteiger partial charge in [-0.25, -0.2) is 9.59 Å². The molecule has 0 saturated carbocycles. The first-order chi connectivity index (χ1) is 9.56. The fourth-order valence-electron chi connectivity index (χ4n) is 1.46. The number of nitrogens with zero attached hydrogens (tertiary/aromatic N) is 2. The average molecular weight is 270 g/mol. The van der Waals surface area contributed by atoms with E-state index in [0.29, 0.717) is 11.4 Å². The van der Waals surface area contributed by atoms with Gasteiger partial charge in [0.15, 0.2) is 0 Å². The van der Waals surface area contributed by atoms with Crippen LogP contribution in [0.5, 0.6) is 0 Å². The number of aromatic carboxylic acids is 2. The minimum absolute atomic E-state index is 0.176. The summed E-state index contributed by atoms with van der Waals surface area (Å²) in [7, 11) is 0. The van der Waals surface area contributed by atoms with Crippen LogP contribution in [0.1, 0.15) is 20.7 Å². The lowest BCUT2D eigenvalue weighted by atomic mass is 10.2. The summed E-state index contributed by atoms with van der Waals surface area (Å²) in [6, 6.07) is 11.9. The summed E-state index contributed by atoms with van der Waals surface area (Å²) >= 11 is 0. The molecule has 0 unspecified atom stereocenters. The van der Waals surface area contributed by atoms with E-state index in [2.05, 4.69) is 10.2 Å². The maximum atomic E-state index is 10.7. The first-order valence-electron chi connectivity index (χ1n) is 5.65. The smallest absolute Gasteiger partial charge is 0.335 e. The molecule has 0 aliphatic carbocycles. The summed E-state index contributed by atoms with van der Waals surface area (Å²) in [5.41, 5.74) is 1.37. The Balaban J connectivity index is 2.12. The zero-order valence-electron chi connectivity index (χ0n) is 10.2. The maximum absolute atomic E-state index is 10.7. The molecule has 0 fully saturated rings. The molecule has 0 bridgehead atoms. The van der Waals surface area contributed by atoms with Gasteiger partial charge >= 0.3 is 11.9 Å². The second-order valence-corrected chi connectivity index (χ2v) is 3.90. The summed E-state index contributed by atoms with van der Waals surface area (Å²) in [5.74, 6) is -2.00. The number of hydrogen-bond acceptors (Lipinski definition) is 4. The number of azo groups is 1. The van der Waals surface area contributed by atoms with E-state index in [1.165, 1.54) is 24.3 Å². The van der Waals surface area contributed by atoms with Gasteiger partial charge in [-0.1, -0.05) is 0 Å². The van der Waals surface area contributed by atoms with Crippen molar-refractivity contribution in [2.45, 2.75) is 0 Å². The molecular weight excluding hydrogens is 260 g/mol. The molecule has 0 aliphatic heterocycles. The molecule has 6 nitrogen and oxygen atoms in total. The molecule has 6 heteroatoms. The highest BCUT2D eigenvalue weighted by Gasteiger charge is 2.02. The fraction of sp³-hybridized carbons (Fsp3) is 0. The molecule has 2 N–H and O–H groups in total. The van der Waals surface area contributed by atoms with Gasteiger partial charge in [-0.2, -0.15) is 10.2 Å². The van der Waals surface area contributed by atoms with Crippen molar-refractivity contribution in [2.24, 2.45) is 10.2 Å². The van der Waals surface area contributed by atoms with Gasteiger partial charge in [-0.15, -0.1) is 0 Å². The number of carboxylic acid groups (broad SMARTS) is 2. The Morgan fingerprint density at radius 1 is 0.650 bits per heavy atom. The molecule has 2 aromatic carbocycles. The van der Waals surface area contributed by atoms with Crippen LogP contribution < -0.4 is 0 Å². The topological polar surface area (TPSA) is 99.3 Å². The van der Waals surface area contributed by atoms with Crippen LogP contribution in [0, 0.1) is 0 Å². The van der Waals surface area contributed by atoms with Crippen LogP contribution in [0.3, 0.4) is 0 Å². The van der Waals surface area contributed by atoms with Crippen LogP contribution in [0.25, 0.3) is 0 Å². The van der Waals surface area contributed by atoms with Crippen LogP contribution in [-0.2, 0) is 0 Å². The predicted octanol–water partition coefficient (Wildman–Crippen LogP) is 3.50. The van der Waals surface area contributed by atoms with Crippen molar-refractivity contribution in [3.05, 3.63) is 59.7 Å². The van der Waals surface area contributed by atoms with E-state index in [1.807, 2.05) is 0 Å². The third-order valence-electron chi connectivity index (χ3n) is 2.51. The van der Waals surface area contributed by atoms with E-state index >= 15 is 0 Å². The summed E-state index contributed by atoms with van der Waals surface area (Å²) in [5, 5.41) is 25.4. The number of rotatable bonds is 4. The minimum Gasteiger partial charge on any atom is -0.478 e. The van der Waals surface area contributed by atoms with E-state index in [1.54, 1.807) is 24.3 Å². The number of carbonyl (C=O) groups is 2. The van der Waals surface area contributed by atoms with Gasteiger partial charge in [0, 0.05) is 0 Å². The van der Waals surface area contributed by atoms with Crippen molar-refractivity contribution >= 4 is 23.3 Å². The van der Waals surface area contributed by atoms with E-state index in [0.717, 1.165) is 0 Å². The number of carboxylic acids is 2. The van der Waals surface area contributed by atoms with E-state index in [9.17, 15) is 9.59 Å². The van der Waals surface area contributed by atoms with E-state index in [-0.39, 0.29) is 11.1 Å². The monoisotopic (exact) mass is 270 g/mol. The lowest BCUT2D eigenvalue weighted by molar-refractivity contribution is 0.0686. The molecule has 0 radical (unpaired) electrons. The Kier molecular flexibility index (Phi) is 3.85. The van der Waals surface area contributed by atoms with Gasteiger partial charge < -0.3 is 10.2 Å².